The van der Waals surface area contributed by atoms with Crippen LogP contribution in [0.1, 0.15) is 23.4 Å². The summed E-state index contributed by atoms with van der Waals surface area (Å²) < 4.78 is 1.93. The van der Waals surface area contributed by atoms with Gasteiger partial charge in [-0.2, -0.15) is 10.4 Å². The molecule has 2 aromatic rings. The molecule has 1 aromatic carbocycles. The van der Waals surface area contributed by atoms with Crippen LogP contribution in [0.4, 0.5) is 5.69 Å². The topological polar surface area (TPSA) is 113 Å². The highest BCUT2D eigenvalue weighted by atomic mass is 16.6. The molecule has 0 saturated heterocycles. The first kappa shape index (κ1) is 16.9. The van der Waals surface area contributed by atoms with Crippen molar-refractivity contribution in [3.8, 4) is 11.8 Å². The van der Waals surface area contributed by atoms with Crippen molar-refractivity contribution in [2.75, 3.05) is 0 Å². The standard InChI is InChI=1S/C16H15N5O3/c1-11-9-13(10-18-19-16(22)7-8-17)12(2)20(11)14-3-5-15(6-4-14)21(23)24/h3-6,9-10H,7H2,1-2H3,(H,19,22)/b18-10+. The van der Waals surface area contributed by atoms with Crippen molar-refractivity contribution in [2.45, 2.75) is 20.3 Å². The smallest absolute Gasteiger partial charge is 0.269 e. The number of hydrazone groups is 1. The van der Waals surface area contributed by atoms with E-state index in [0.717, 1.165) is 22.6 Å². The van der Waals surface area contributed by atoms with E-state index in [2.05, 4.69) is 10.5 Å². The lowest BCUT2D eigenvalue weighted by Gasteiger charge is -2.09. The van der Waals surface area contributed by atoms with Gasteiger partial charge in [0, 0.05) is 34.8 Å². The third kappa shape index (κ3) is 3.64. The van der Waals surface area contributed by atoms with Crippen molar-refractivity contribution in [2.24, 2.45) is 5.10 Å². The monoisotopic (exact) mass is 325 g/mol. The molecule has 0 radical (unpaired) electrons. The number of rotatable bonds is 5. The van der Waals surface area contributed by atoms with Crippen LogP contribution < -0.4 is 5.43 Å². The number of benzene rings is 1. The number of carbonyl (C=O) groups is 1. The molecule has 0 spiro atoms. The molecule has 1 N–H and O–H groups in total. The Labute approximate surface area is 138 Å². The van der Waals surface area contributed by atoms with E-state index in [1.165, 1.54) is 18.3 Å². The normalized spacial score (nSPS) is 10.5. The molecule has 0 saturated carbocycles. The number of non-ortho nitro benzene ring substituents is 1. The number of aryl methyl sites for hydroxylation is 1. The Kier molecular flexibility index (Phi) is 5.06. The van der Waals surface area contributed by atoms with Gasteiger partial charge in [0.15, 0.2) is 0 Å². The number of hydrogen-bond acceptors (Lipinski definition) is 5. The third-order valence-electron chi connectivity index (χ3n) is 3.42. The summed E-state index contributed by atoms with van der Waals surface area (Å²) in [5.74, 6) is -0.474. The quantitative estimate of drug-likeness (QED) is 0.516. The number of nitriles is 1. The zero-order valence-corrected chi connectivity index (χ0v) is 13.2. The lowest BCUT2D eigenvalue weighted by Crippen LogP contribution is -2.16. The second kappa shape index (κ2) is 7.19. The molecule has 8 heteroatoms. The van der Waals surface area contributed by atoms with E-state index in [1.807, 2.05) is 24.5 Å². The fraction of sp³-hybridized carbons (Fsp3) is 0.188. The second-order valence-corrected chi connectivity index (χ2v) is 5.06. The van der Waals surface area contributed by atoms with Crippen molar-refractivity contribution < 1.29 is 9.72 Å². The molecule has 0 aliphatic heterocycles. The molecule has 1 aromatic heterocycles. The van der Waals surface area contributed by atoms with Crippen LogP contribution in [-0.2, 0) is 4.79 Å². The minimum absolute atomic E-state index is 0.0307. The number of aromatic nitrogens is 1. The van der Waals surface area contributed by atoms with Crippen LogP contribution in [0.5, 0.6) is 0 Å². The van der Waals surface area contributed by atoms with Crippen LogP contribution in [0.2, 0.25) is 0 Å². The zero-order valence-electron chi connectivity index (χ0n) is 13.2. The van der Waals surface area contributed by atoms with Crippen molar-refractivity contribution in [3.05, 3.63) is 57.4 Å². The number of nitro groups is 1. The maximum atomic E-state index is 11.2. The first-order valence-electron chi connectivity index (χ1n) is 7.06. The number of hydrogen-bond donors (Lipinski definition) is 1. The molecule has 0 fully saturated rings. The van der Waals surface area contributed by atoms with Crippen LogP contribution >= 0.6 is 0 Å². The number of carbonyl (C=O) groups excluding carboxylic acids is 1. The molecule has 8 nitrogen and oxygen atoms in total. The highest BCUT2D eigenvalue weighted by molar-refractivity contribution is 5.84. The predicted molar refractivity (Wildman–Crippen MR) is 87.9 cm³/mol. The van der Waals surface area contributed by atoms with Gasteiger partial charge < -0.3 is 4.57 Å². The number of nitro benzene ring substituents is 1. The highest BCUT2D eigenvalue weighted by Gasteiger charge is 2.11. The van der Waals surface area contributed by atoms with Crippen LogP contribution in [-0.4, -0.2) is 21.6 Å². The van der Waals surface area contributed by atoms with E-state index in [1.54, 1.807) is 18.2 Å². The average molecular weight is 325 g/mol. The average Bonchev–Trinajstić information content (AvgIpc) is 2.82. The van der Waals surface area contributed by atoms with Crippen LogP contribution in [0.15, 0.2) is 35.4 Å². The van der Waals surface area contributed by atoms with E-state index < -0.39 is 10.8 Å². The van der Waals surface area contributed by atoms with Gasteiger partial charge in [-0.25, -0.2) is 5.43 Å². The van der Waals surface area contributed by atoms with E-state index in [9.17, 15) is 14.9 Å². The minimum atomic E-state index is -0.474. The molecular formula is C16H15N5O3. The third-order valence-corrected chi connectivity index (χ3v) is 3.42. The summed E-state index contributed by atoms with van der Waals surface area (Å²) in [5.41, 5.74) is 5.69. The van der Waals surface area contributed by atoms with Crippen molar-refractivity contribution >= 4 is 17.8 Å². The lowest BCUT2D eigenvalue weighted by molar-refractivity contribution is -0.384. The Morgan fingerprint density at radius 1 is 1.42 bits per heavy atom. The Hall–Kier alpha value is -3.47. The van der Waals surface area contributed by atoms with Gasteiger partial charge in [-0.1, -0.05) is 0 Å². The summed E-state index contributed by atoms with van der Waals surface area (Å²) in [4.78, 5) is 21.5. The molecule has 24 heavy (non-hydrogen) atoms. The predicted octanol–water partition coefficient (Wildman–Crippen LogP) is 2.37. The molecule has 1 heterocycles. The van der Waals surface area contributed by atoms with Crippen molar-refractivity contribution in [1.82, 2.24) is 9.99 Å². The fourth-order valence-corrected chi connectivity index (χ4v) is 2.32. The zero-order chi connectivity index (χ0) is 17.7. The Morgan fingerprint density at radius 3 is 2.67 bits per heavy atom. The first-order valence-corrected chi connectivity index (χ1v) is 7.06. The number of nitrogens with one attached hydrogen (secondary N) is 1. The van der Waals surface area contributed by atoms with Gasteiger partial charge in [0.05, 0.1) is 17.2 Å². The lowest BCUT2D eigenvalue weighted by atomic mass is 10.2. The second-order valence-electron chi connectivity index (χ2n) is 5.06. The van der Waals surface area contributed by atoms with E-state index in [4.69, 9.17) is 5.26 Å². The van der Waals surface area contributed by atoms with Gasteiger partial charge >= 0.3 is 0 Å². The van der Waals surface area contributed by atoms with Crippen molar-refractivity contribution in [3.63, 3.8) is 0 Å². The van der Waals surface area contributed by atoms with E-state index in [-0.39, 0.29) is 12.1 Å². The van der Waals surface area contributed by atoms with Crippen LogP contribution in [0.25, 0.3) is 5.69 Å². The van der Waals surface area contributed by atoms with Gasteiger partial charge in [0.2, 0.25) is 0 Å². The Bertz CT molecular complexity index is 844. The maximum Gasteiger partial charge on any atom is 0.269 e. The van der Waals surface area contributed by atoms with Gasteiger partial charge in [0.1, 0.15) is 6.42 Å². The molecule has 0 unspecified atom stereocenters. The number of amides is 1. The molecule has 0 atom stereocenters. The number of nitrogens with zero attached hydrogens (tertiary/aromatic N) is 4. The largest absolute Gasteiger partial charge is 0.318 e. The van der Waals surface area contributed by atoms with E-state index >= 15 is 0 Å². The summed E-state index contributed by atoms with van der Waals surface area (Å²) in [5, 5.41) is 23.0. The van der Waals surface area contributed by atoms with Crippen molar-refractivity contribution in [1.29, 1.82) is 5.26 Å². The van der Waals surface area contributed by atoms with Gasteiger partial charge in [-0.15, -0.1) is 0 Å². The molecule has 2 rings (SSSR count). The summed E-state index contributed by atoms with van der Waals surface area (Å²) in [6.07, 6.45) is 1.25. The summed E-state index contributed by atoms with van der Waals surface area (Å²) >= 11 is 0. The summed E-state index contributed by atoms with van der Waals surface area (Å²) in [6.45, 7) is 3.78. The molecule has 122 valence electrons. The molecule has 1 amide bonds. The Balaban J connectivity index is 2.26. The fourth-order valence-electron chi connectivity index (χ4n) is 2.32. The van der Waals surface area contributed by atoms with Gasteiger partial charge in [-0.05, 0) is 32.0 Å². The maximum absolute atomic E-state index is 11.2. The summed E-state index contributed by atoms with van der Waals surface area (Å²) in [6, 6.07) is 9.87. The SMILES string of the molecule is Cc1cc(/C=N/NC(=O)CC#N)c(C)n1-c1ccc([N+](=O)[O-])cc1. The molecule has 0 aliphatic rings. The molecule has 0 bridgehead atoms. The molecule has 0 aliphatic carbocycles. The summed E-state index contributed by atoms with van der Waals surface area (Å²) in [7, 11) is 0. The van der Waals surface area contributed by atoms with Gasteiger partial charge in [-0.3, -0.25) is 14.9 Å². The minimum Gasteiger partial charge on any atom is -0.318 e. The van der Waals surface area contributed by atoms with Crippen LogP contribution in [0.3, 0.4) is 0 Å². The molecular weight excluding hydrogens is 310 g/mol. The highest BCUT2D eigenvalue weighted by Crippen LogP contribution is 2.21. The first-order chi connectivity index (χ1) is 11.4. The van der Waals surface area contributed by atoms with E-state index in [0.29, 0.717) is 0 Å². The van der Waals surface area contributed by atoms with Crippen LogP contribution in [0, 0.1) is 35.3 Å². The van der Waals surface area contributed by atoms with Gasteiger partial charge in [0.25, 0.3) is 11.6 Å². The Morgan fingerprint density at radius 2 is 2.08 bits per heavy atom.